The molecule has 4 aromatic rings. The predicted molar refractivity (Wildman–Crippen MR) is 141 cm³/mol. The van der Waals surface area contributed by atoms with Gasteiger partial charge in [-0.05, 0) is 55.5 Å². The number of para-hydroxylation sites is 2. The fraction of sp³-hybridized carbons (Fsp3) is 0.231. The molecule has 0 fully saturated rings. The second kappa shape index (κ2) is 10.5. The Morgan fingerprint density at radius 2 is 1.94 bits per heavy atom. The number of thiophene rings is 1. The van der Waals surface area contributed by atoms with Crippen LogP contribution in [0.25, 0.3) is 15.9 Å². The molecular formula is C26H24N4O3S2. The highest BCUT2D eigenvalue weighted by molar-refractivity contribution is 7.99. The molecule has 2 aromatic heterocycles. The van der Waals surface area contributed by atoms with Gasteiger partial charge in [-0.3, -0.25) is 14.2 Å². The number of carbonyl (C=O) groups is 1. The van der Waals surface area contributed by atoms with Gasteiger partial charge in [-0.2, -0.15) is 5.10 Å². The first-order valence-corrected chi connectivity index (χ1v) is 13.2. The standard InChI is InChI=1S/C26H24N4O3S2/c1-33-20-13-7-5-9-17(20)15-27-29-22(31)16-34-26-28-24-23(19-12-6-8-14-21(19)35-24)25(32)30(26)18-10-3-2-4-11-18/h2-5,7,9-11,13,15H,6,8,12,14,16H2,1H3,(H,29,31)/b27-15+. The minimum atomic E-state index is -0.291. The smallest absolute Gasteiger partial charge is 0.267 e. The number of hydrazone groups is 1. The zero-order valence-electron chi connectivity index (χ0n) is 19.2. The van der Waals surface area contributed by atoms with Gasteiger partial charge in [0.05, 0.1) is 30.2 Å². The van der Waals surface area contributed by atoms with E-state index in [-0.39, 0.29) is 17.2 Å². The SMILES string of the molecule is COc1ccccc1/C=N/NC(=O)CSc1nc2sc3c(c2c(=O)n1-c1ccccc1)CCCC3. The van der Waals surface area contributed by atoms with E-state index in [0.29, 0.717) is 10.9 Å². The highest BCUT2D eigenvalue weighted by Gasteiger charge is 2.23. The number of carbonyl (C=O) groups excluding carboxylic acids is 1. The quantitative estimate of drug-likeness (QED) is 0.172. The number of thioether (sulfide) groups is 1. The Labute approximate surface area is 210 Å². The number of rotatable bonds is 7. The number of hydrogen-bond acceptors (Lipinski definition) is 7. The lowest BCUT2D eigenvalue weighted by Gasteiger charge is -2.13. The van der Waals surface area contributed by atoms with Gasteiger partial charge in [0, 0.05) is 10.4 Å². The van der Waals surface area contributed by atoms with Crippen LogP contribution in [0.15, 0.2) is 69.6 Å². The third-order valence-electron chi connectivity index (χ3n) is 5.84. The van der Waals surface area contributed by atoms with E-state index in [0.717, 1.165) is 52.7 Å². The van der Waals surface area contributed by atoms with Crippen molar-refractivity contribution in [1.82, 2.24) is 15.0 Å². The molecular weight excluding hydrogens is 480 g/mol. The molecule has 0 saturated carbocycles. The molecule has 5 rings (SSSR count). The van der Waals surface area contributed by atoms with Crippen LogP contribution < -0.4 is 15.7 Å². The molecule has 1 N–H and O–H groups in total. The molecule has 2 aromatic carbocycles. The molecule has 178 valence electrons. The van der Waals surface area contributed by atoms with Gasteiger partial charge in [-0.1, -0.05) is 42.1 Å². The van der Waals surface area contributed by atoms with Gasteiger partial charge in [-0.25, -0.2) is 10.4 Å². The summed E-state index contributed by atoms with van der Waals surface area (Å²) in [5.41, 5.74) is 5.12. The molecule has 9 heteroatoms. The van der Waals surface area contributed by atoms with E-state index in [2.05, 4.69) is 10.5 Å². The fourth-order valence-corrected chi connectivity index (χ4v) is 6.30. The number of ether oxygens (including phenoxy) is 1. The summed E-state index contributed by atoms with van der Waals surface area (Å²) in [6.07, 6.45) is 5.69. The number of aromatic nitrogens is 2. The highest BCUT2D eigenvalue weighted by Crippen LogP contribution is 2.35. The summed E-state index contributed by atoms with van der Waals surface area (Å²) < 4.78 is 6.92. The predicted octanol–water partition coefficient (Wildman–Crippen LogP) is 4.58. The molecule has 2 heterocycles. The van der Waals surface area contributed by atoms with Crippen LogP contribution in [0.3, 0.4) is 0 Å². The van der Waals surface area contributed by atoms with E-state index in [1.807, 2.05) is 54.6 Å². The van der Waals surface area contributed by atoms with Crippen LogP contribution >= 0.6 is 23.1 Å². The van der Waals surface area contributed by atoms with Crippen LogP contribution in [0.2, 0.25) is 0 Å². The lowest BCUT2D eigenvalue weighted by atomic mass is 9.97. The second-order valence-corrected chi connectivity index (χ2v) is 10.1. The summed E-state index contributed by atoms with van der Waals surface area (Å²) in [4.78, 5) is 33.1. The van der Waals surface area contributed by atoms with Crippen molar-refractivity contribution in [2.45, 2.75) is 30.8 Å². The number of amides is 1. The molecule has 0 unspecified atom stereocenters. The number of fused-ring (bicyclic) bond motifs is 3. The van der Waals surface area contributed by atoms with Gasteiger partial charge in [0.25, 0.3) is 11.5 Å². The maximum atomic E-state index is 13.7. The van der Waals surface area contributed by atoms with Crippen molar-refractivity contribution in [3.63, 3.8) is 0 Å². The zero-order valence-corrected chi connectivity index (χ0v) is 20.8. The second-order valence-electron chi connectivity index (χ2n) is 8.09. The number of hydrogen-bond donors (Lipinski definition) is 1. The van der Waals surface area contributed by atoms with Crippen molar-refractivity contribution in [3.05, 3.63) is 81.0 Å². The van der Waals surface area contributed by atoms with Crippen LogP contribution in [-0.4, -0.2) is 34.5 Å². The monoisotopic (exact) mass is 504 g/mol. The fourth-order valence-electron chi connectivity index (χ4n) is 4.20. The summed E-state index contributed by atoms with van der Waals surface area (Å²) in [6, 6.07) is 16.9. The molecule has 1 aliphatic rings. The molecule has 0 bridgehead atoms. The van der Waals surface area contributed by atoms with Crippen LogP contribution in [0.5, 0.6) is 5.75 Å². The average molecular weight is 505 g/mol. The van der Waals surface area contributed by atoms with Crippen LogP contribution in [0, 0.1) is 0 Å². The minimum Gasteiger partial charge on any atom is -0.496 e. The van der Waals surface area contributed by atoms with Crippen molar-refractivity contribution in [3.8, 4) is 11.4 Å². The van der Waals surface area contributed by atoms with E-state index in [1.54, 1.807) is 29.2 Å². The van der Waals surface area contributed by atoms with Crippen molar-refractivity contribution < 1.29 is 9.53 Å². The van der Waals surface area contributed by atoms with Gasteiger partial charge >= 0.3 is 0 Å². The number of nitrogens with zero attached hydrogens (tertiary/aromatic N) is 3. The van der Waals surface area contributed by atoms with Gasteiger partial charge in [0.15, 0.2) is 5.16 Å². The molecule has 0 spiro atoms. The lowest BCUT2D eigenvalue weighted by Crippen LogP contribution is -2.24. The van der Waals surface area contributed by atoms with E-state index in [1.165, 1.54) is 16.6 Å². The molecule has 0 radical (unpaired) electrons. The van der Waals surface area contributed by atoms with E-state index in [9.17, 15) is 9.59 Å². The number of nitrogens with one attached hydrogen (secondary N) is 1. The largest absolute Gasteiger partial charge is 0.496 e. The topological polar surface area (TPSA) is 85.6 Å². The summed E-state index contributed by atoms with van der Waals surface area (Å²) in [5.74, 6) is 0.447. The Bertz CT molecular complexity index is 1460. The van der Waals surface area contributed by atoms with E-state index in [4.69, 9.17) is 9.72 Å². The Kier molecular flexibility index (Phi) is 6.96. The molecule has 0 saturated heterocycles. The first kappa shape index (κ1) is 23.3. The number of methoxy groups -OCH3 is 1. The molecule has 35 heavy (non-hydrogen) atoms. The van der Waals surface area contributed by atoms with Gasteiger partial charge in [0.1, 0.15) is 10.6 Å². The van der Waals surface area contributed by atoms with Crippen LogP contribution in [-0.2, 0) is 17.6 Å². The van der Waals surface area contributed by atoms with E-state index >= 15 is 0 Å². The molecule has 0 atom stereocenters. The Morgan fingerprint density at radius 1 is 1.17 bits per heavy atom. The lowest BCUT2D eigenvalue weighted by molar-refractivity contribution is -0.118. The third kappa shape index (κ3) is 4.87. The van der Waals surface area contributed by atoms with E-state index < -0.39 is 0 Å². The van der Waals surface area contributed by atoms with Crippen molar-refractivity contribution >= 4 is 45.4 Å². The molecule has 1 amide bonds. The molecule has 0 aliphatic heterocycles. The highest BCUT2D eigenvalue weighted by atomic mass is 32.2. The zero-order chi connectivity index (χ0) is 24.2. The average Bonchev–Trinajstić information content (AvgIpc) is 3.27. The first-order valence-electron chi connectivity index (χ1n) is 11.4. The molecule has 1 aliphatic carbocycles. The summed E-state index contributed by atoms with van der Waals surface area (Å²) >= 11 is 2.83. The van der Waals surface area contributed by atoms with Gasteiger partial charge < -0.3 is 4.74 Å². The summed E-state index contributed by atoms with van der Waals surface area (Å²) in [5, 5.41) is 5.27. The van der Waals surface area contributed by atoms with Crippen molar-refractivity contribution in [2.75, 3.05) is 12.9 Å². The maximum absolute atomic E-state index is 13.7. The number of benzene rings is 2. The Balaban J connectivity index is 1.41. The third-order valence-corrected chi connectivity index (χ3v) is 7.96. The Morgan fingerprint density at radius 3 is 2.77 bits per heavy atom. The summed E-state index contributed by atoms with van der Waals surface area (Å²) in [7, 11) is 1.59. The normalized spacial score (nSPS) is 13.2. The van der Waals surface area contributed by atoms with Crippen molar-refractivity contribution in [1.29, 1.82) is 0 Å². The Hall–Kier alpha value is -3.43. The first-order chi connectivity index (χ1) is 17.2. The maximum Gasteiger partial charge on any atom is 0.267 e. The summed E-state index contributed by atoms with van der Waals surface area (Å²) in [6.45, 7) is 0. The van der Waals surface area contributed by atoms with Crippen LogP contribution in [0.1, 0.15) is 28.8 Å². The van der Waals surface area contributed by atoms with Gasteiger partial charge in [0.2, 0.25) is 0 Å². The van der Waals surface area contributed by atoms with Gasteiger partial charge in [-0.15, -0.1) is 11.3 Å². The minimum absolute atomic E-state index is 0.0686. The van der Waals surface area contributed by atoms with Crippen molar-refractivity contribution in [2.24, 2.45) is 5.10 Å². The molecule has 7 nitrogen and oxygen atoms in total. The number of aryl methyl sites for hydroxylation is 2. The van der Waals surface area contributed by atoms with Crippen LogP contribution in [0.4, 0.5) is 0 Å².